The number of hydrogen-bond donors (Lipinski definition) is 3. The molecule has 2 unspecified atom stereocenters. The van der Waals surface area contributed by atoms with Gasteiger partial charge in [-0.1, -0.05) is 6.42 Å². The smallest absolute Gasteiger partial charge is 0.315 e. The highest BCUT2D eigenvalue weighted by atomic mass is 32.2. The lowest BCUT2D eigenvalue weighted by atomic mass is 10.0. The van der Waals surface area contributed by atoms with Crippen LogP contribution >= 0.6 is 11.8 Å². The molecule has 0 aromatic rings. The van der Waals surface area contributed by atoms with Crippen molar-refractivity contribution in [2.75, 3.05) is 12.8 Å². The van der Waals surface area contributed by atoms with E-state index in [4.69, 9.17) is 5.11 Å². The van der Waals surface area contributed by atoms with Gasteiger partial charge in [0, 0.05) is 17.3 Å². The number of hydrogen-bond acceptors (Lipinski definition) is 3. The Balaban J connectivity index is 1.75. The summed E-state index contributed by atoms with van der Waals surface area (Å²) >= 11 is 1.79. The maximum Gasteiger partial charge on any atom is 0.315 e. The van der Waals surface area contributed by atoms with Crippen molar-refractivity contribution in [1.29, 1.82) is 0 Å². The Labute approximate surface area is 111 Å². The normalized spacial score (nSPS) is 28.7. The molecule has 0 heterocycles. The van der Waals surface area contributed by atoms with Crippen LogP contribution < -0.4 is 10.6 Å². The van der Waals surface area contributed by atoms with E-state index in [0.717, 1.165) is 25.7 Å². The lowest BCUT2D eigenvalue weighted by Gasteiger charge is -2.19. The van der Waals surface area contributed by atoms with Gasteiger partial charge in [-0.25, -0.2) is 4.79 Å². The van der Waals surface area contributed by atoms with Crippen molar-refractivity contribution in [3.8, 4) is 0 Å². The van der Waals surface area contributed by atoms with Crippen molar-refractivity contribution in [1.82, 2.24) is 10.6 Å². The maximum atomic E-state index is 11.7. The number of urea groups is 1. The van der Waals surface area contributed by atoms with Crippen molar-refractivity contribution >= 4 is 23.8 Å². The van der Waals surface area contributed by atoms with Crippen LogP contribution in [-0.2, 0) is 4.79 Å². The quantitative estimate of drug-likeness (QED) is 0.707. The van der Waals surface area contributed by atoms with E-state index in [2.05, 4.69) is 16.9 Å². The highest BCUT2D eigenvalue weighted by Crippen LogP contribution is 2.46. The van der Waals surface area contributed by atoms with Crippen LogP contribution in [0.2, 0.25) is 0 Å². The van der Waals surface area contributed by atoms with Crippen molar-refractivity contribution in [3.63, 3.8) is 0 Å². The fraction of sp³-hybridized carbons (Fsp3) is 0.833. The van der Waals surface area contributed by atoms with Crippen molar-refractivity contribution in [2.45, 2.75) is 42.9 Å². The second kappa shape index (κ2) is 5.38. The van der Waals surface area contributed by atoms with Crippen LogP contribution in [0.5, 0.6) is 0 Å². The molecule has 0 spiro atoms. The Morgan fingerprint density at radius 2 is 2.11 bits per heavy atom. The molecule has 3 N–H and O–H groups in total. The Hall–Kier alpha value is -0.910. The van der Waals surface area contributed by atoms with Gasteiger partial charge in [0.25, 0.3) is 0 Å². The lowest BCUT2D eigenvalue weighted by molar-refractivity contribution is -0.142. The van der Waals surface area contributed by atoms with E-state index in [-0.39, 0.29) is 16.8 Å². The number of amides is 2. The molecule has 5 nitrogen and oxygen atoms in total. The van der Waals surface area contributed by atoms with E-state index in [0.29, 0.717) is 13.0 Å². The molecule has 6 heteroatoms. The van der Waals surface area contributed by atoms with Gasteiger partial charge in [-0.15, -0.1) is 0 Å². The molecule has 0 radical (unpaired) electrons. The Bertz CT molecular complexity index is 344. The summed E-state index contributed by atoms with van der Waals surface area (Å²) in [7, 11) is 0. The van der Waals surface area contributed by atoms with Gasteiger partial charge in [-0.3, -0.25) is 4.79 Å². The topological polar surface area (TPSA) is 78.4 Å². The molecule has 0 aromatic heterocycles. The first-order chi connectivity index (χ1) is 8.56. The number of aliphatic carboxylic acids is 1. The Kier molecular flexibility index (Phi) is 4.04. The minimum atomic E-state index is -0.805. The Morgan fingerprint density at radius 1 is 1.39 bits per heavy atom. The first-order valence-electron chi connectivity index (χ1n) is 6.39. The third-order valence-corrected chi connectivity index (χ3v) is 5.38. The van der Waals surface area contributed by atoms with Gasteiger partial charge < -0.3 is 15.7 Å². The molecular formula is C12H20N2O3S. The summed E-state index contributed by atoms with van der Waals surface area (Å²) in [5, 5.41) is 14.7. The van der Waals surface area contributed by atoms with Crippen LogP contribution in [0.4, 0.5) is 4.79 Å². The SMILES string of the molecule is CSC1(CNC(=O)NC2CCCC2C(=O)O)CC1. The van der Waals surface area contributed by atoms with Gasteiger partial charge >= 0.3 is 12.0 Å². The number of thioether (sulfide) groups is 1. The van der Waals surface area contributed by atoms with E-state index in [1.54, 1.807) is 11.8 Å². The van der Waals surface area contributed by atoms with Crippen molar-refractivity contribution < 1.29 is 14.7 Å². The second-order valence-electron chi connectivity index (χ2n) is 5.20. The molecule has 2 atom stereocenters. The van der Waals surface area contributed by atoms with E-state index >= 15 is 0 Å². The van der Waals surface area contributed by atoms with Crippen LogP contribution in [0.15, 0.2) is 0 Å². The average molecular weight is 272 g/mol. The minimum absolute atomic E-state index is 0.216. The predicted molar refractivity (Wildman–Crippen MR) is 70.8 cm³/mol. The molecule has 2 amide bonds. The number of rotatable bonds is 5. The molecule has 102 valence electrons. The predicted octanol–water partition coefficient (Wildman–Crippen LogP) is 1.43. The van der Waals surface area contributed by atoms with Crippen LogP contribution in [0.25, 0.3) is 0 Å². The molecule has 0 bridgehead atoms. The summed E-state index contributed by atoms with van der Waals surface area (Å²) in [5.74, 6) is -1.23. The largest absolute Gasteiger partial charge is 0.481 e. The van der Waals surface area contributed by atoms with E-state index in [9.17, 15) is 9.59 Å². The third kappa shape index (κ3) is 3.10. The highest BCUT2D eigenvalue weighted by Gasteiger charge is 2.42. The zero-order chi connectivity index (χ0) is 13.2. The zero-order valence-electron chi connectivity index (χ0n) is 10.6. The van der Waals surface area contributed by atoms with Crippen LogP contribution in [-0.4, -0.2) is 40.7 Å². The summed E-state index contributed by atoms with van der Waals surface area (Å²) in [5.41, 5.74) is 0. The van der Waals surface area contributed by atoms with Crippen LogP contribution in [0.1, 0.15) is 32.1 Å². The summed E-state index contributed by atoms with van der Waals surface area (Å²) in [6.45, 7) is 0.671. The fourth-order valence-corrected chi connectivity index (χ4v) is 3.21. The van der Waals surface area contributed by atoms with Gasteiger partial charge in [0.15, 0.2) is 0 Å². The number of carbonyl (C=O) groups excluding carboxylic acids is 1. The Morgan fingerprint density at radius 3 is 2.67 bits per heavy atom. The number of nitrogens with one attached hydrogen (secondary N) is 2. The highest BCUT2D eigenvalue weighted by molar-refractivity contribution is 8.00. The summed E-state index contributed by atoms with van der Waals surface area (Å²) < 4.78 is 0.235. The molecule has 2 aliphatic rings. The van der Waals surface area contributed by atoms with Gasteiger partial charge in [0.05, 0.1) is 5.92 Å². The average Bonchev–Trinajstić information content (AvgIpc) is 2.98. The van der Waals surface area contributed by atoms with Gasteiger partial charge in [0.1, 0.15) is 0 Å². The van der Waals surface area contributed by atoms with Crippen LogP contribution in [0, 0.1) is 5.92 Å². The summed E-state index contributed by atoms with van der Waals surface area (Å²) in [4.78, 5) is 22.7. The zero-order valence-corrected chi connectivity index (χ0v) is 11.4. The first kappa shape index (κ1) is 13.5. The fourth-order valence-electron chi connectivity index (χ4n) is 2.48. The molecule has 18 heavy (non-hydrogen) atoms. The molecule has 2 saturated carbocycles. The molecular weight excluding hydrogens is 252 g/mol. The first-order valence-corrected chi connectivity index (χ1v) is 7.61. The van der Waals surface area contributed by atoms with E-state index in [1.165, 1.54) is 0 Å². The summed E-state index contributed by atoms with van der Waals surface area (Å²) in [6.07, 6.45) is 6.65. The molecule has 0 saturated heterocycles. The van der Waals surface area contributed by atoms with E-state index in [1.807, 2.05) is 0 Å². The maximum absolute atomic E-state index is 11.7. The molecule has 2 aliphatic carbocycles. The number of carboxylic acid groups (broad SMARTS) is 1. The molecule has 0 aromatic carbocycles. The lowest BCUT2D eigenvalue weighted by Crippen LogP contribution is -2.47. The molecule has 0 aliphatic heterocycles. The third-order valence-electron chi connectivity index (χ3n) is 3.96. The standard InChI is InChI=1S/C12H20N2O3S/c1-18-12(5-6-12)7-13-11(17)14-9-4-2-3-8(9)10(15)16/h8-9H,2-7H2,1H3,(H,15,16)(H2,13,14,17). The number of carboxylic acids is 1. The molecule has 2 fully saturated rings. The molecule has 2 rings (SSSR count). The van der Waals surface area contributed by atoms with E-state index < -0.39 is 11.9 Å². The second-order valence-corrected chi connectivity index (χ2v) is 6.47. The van der Waals surface area contributed by atoms with Crippen LogP contribution in [0.3, 0.4) is 0 Å². The van der Waals surface area contributed by atoms with Gasteiger partial charge in [-0.05, 0) is 31.9 Å². The van der Waals surface area contributed by atoms with Gasteiger partial charge in [-0.2, -0.15) is 11.8 Å². The van der Waals surface area contributed by atoms with Crippen molar-refractivity contribution in [2.24, 2.45) is 5.92 Å². The number of carbonyl (C=O) groups is 2. The summed E-state index contributed by atoms with van der Waals surface area (Å²) in [6, 6.07) is -0.444. The van der Waals surface area contributed by atoms with Gasteiger partial charge in [0.2, 0.25) is 0 Å². The monoisotopic (exact) mass is 272 g/mol. The minimum Gasteiger partial charge on any atom is -0.481 e. The van der Waals surface area contributed by atoms with Crippen molar-refractivity contribution in [3.05, 3.63) is 0 Å².